The van der Waals surface area contributed by atoms with E-state index >= 15 is 0 Å². The molecule has 4 nitrogen and oxygen atoms in total. The molecule has 2 aromatic carbocycles. The number of carbonyl (C=O) groups is 1. The Morgan fingerprint density at radius 1 is 1.07 bits per heavy atom. The highest BCUT2D eigenvalue weighted by molar-refractivity contribution is 6.32. The van der Waals surface area contributed by atoms with Gasteiger partial charge in [0.1, 0.15) is 5.75 Å². The van der Waals surface area contributed by atoms with Crippen molar-refractivity contribution >= 4 is 17.5 Å². The molecule has 0 bridgehead atoms. The predicted molar refractivity (Wildman–Crippen MR) is 102 cm³/mol. The van der Waals surface area contributed by atoms with Gasteiger partial charge in [-0.2, -0.15) is 0 Å². The van der Waals surface area contributed by atoms with E-state index < -0.39 is 11.6 Å². The van der Waals surface area contributed by atoms with Crippen LogP contribution in [0.4, 0.5) is 8.78 Å². The van der Waals surface area contributed by atoms with Gasteiger partial charge in [-0.15, -0.1) is 0 Å². The summed E-state index contributed by atoms with van der Waals surface area (Å²) in [7, 11) is 3.81. The quantitative estimate of drug-likeness (QED) is 0.642. The van der Waals surface area contributed by atoms with E-state index in [0.29, 0.717) is 29.4 Å². The fourth-order valence-electron chi connectivity index (χ4n) is 2.44. The van der Waals surface area contributed by atoms with Crippen molar-refractivity contribution in [3.8, 4) is 5.75 Å². The molecule has 0 aromatic heterocycles. The number of para-hydroxylation sites is 1. The largest absolute Gasteiger partial charge is 0.491 e. The minimum absolute atomic E-state index is 0.131. The maximum absolute atomic E-state index is 13.5. The molecule has 0 aliphatic rings. The van der Waals surface area contributed by atoms with Crippen molar-refractivity contribution in [2.24, 2.45) is 0 Å². The van der Waals surface area contributed by atoms with Crippen LogP contribution < -0.4 is 4.74 Å². The highest BCUT2D eigenvalue weighted by atomic mass is 35.5. The Morgan fingerprint density at radius 3 is 2.48 bits per heavy atom. The summed E-state index contributed by atoms with van der Waals surface area (Å²) in [4.78, 5) is 16.2. The van der Waals surface area contributed by atoms with Crippen LogP contribution >= 0.6 is 11.6 Å². The van der Waals surface area contributed by atoms with Gasteiger partial charge in [0.2, 0.25) is 5.91 Å². The van der Waals surface area contributed by atoms with Gasteiger partial charge in [-0.3, -0.25) is 4.79 Å². The summed E-state index contributed by atoms with van der Waals surface area (Å²) in [6, 6.07) is 10.7. The van der Waals surface area contributed by atoms with Gasteiger partial charge in [0.15, 0.2) is 11.6 Å². The number of carbonyl (C=O) groups excluding carboxylic acids is 1. The number of rotatable bonds is 9. The average molecular weight is 397 g/mol. The van der Waals surface area contributed by atoms with Crippen LogP contribution in [0.1, 0.15) is 12.0 Å². The van der Waals surface area contributed by atoms with Gasteiger partial charge in [0, 0.05) is 19.6 Å². The number of halogens is 3. The average Bonchev–Trinajstić information content (AvgIpc) is 2.63. The van der Waals surface area contributed by atoms with E-state index in [2.05, 4.69) is 0 Å². The third kappa shape index (κ3) is 6.81. The van der Waals surface area contributed by atoms with Gasteiger partial charge in [-0.1, -0.05) is 29.8 Å². The summed E-state index contributed by atoms with van der Waals surface area (Å²) in [6.07, 6.45) is 0.155. The van der Waals surface area contributed by atoms with Crippen molar-refractivity contribution in [3.05, 3.63) is 64.7 Å². The highest BCUT2D eigenvalue weighted by Gasteiger charge is 2.16. The number of likely N-dealkylation sites (N-methyl/N-ethyl adjacent to an activating group) is 1. The minimum Gasteiger partial charge on any atom is -0.491 e. The van der Waals surface area contributed by atoms with Crippen molar-refractivity contribution in [2.75, 3.05) is 33.8 Å². The number of ether oxygens (including phenoxy) is 1. The second-order valence-electron chi connectivity index (χ2n) is 6.40. The monoisotopic (exact) mass is 396 g/mol. The van der Waals surface area contributed by atoms with E-state index in [0.717, 1.165) is 12.1 Å². The zero-order chi connectivity index (χ0) is 19.8. The Balaban J connectivity index is 1.97. The maximum atomic E-state index is 13.5. The Morgan fingerprint density at radius 2 is 1.81 bits per heavy atom. The number of hydrogen-bond acceptors (Lipinski definition) is 3. The summed E-state index contributed by atoms with van der Waals surface area (Å²) >= 11 is 6.03. The third-order valence-electron chi connectivity index (χ3n) is 3.94. The smallest absolute Gasteiger partial charge is 0.226 e. The molecule has 0 heterocycles. The molecule has 1 amide bonds. The fraction of sp³-hybridized carbons (Fsp3) is 0.350. The maximum Gasteiger partial charge on any atom is 0.226 e. The first kappa shape index (κ1) is 21.1. The number of benzene rings is 2. The summed E-state index contributed by atoms with van der Waals surface area (Å²) in [5, 5.41) is 0.483. The molecule has 7 heteroatoms. The second kappa shape index (κ2) is 10.2. The fourth-order valence-corrected chi connectivity index (χ4v) is 2.63. The van der Waals surface area contributed by atoms with E-state index in [1.807, 2.05) is 19.0 Å². The molecule has 2 aromatic rings. The molecule has 0 aliphatic carbocycles. The zero-order valence-corrected chi connectivity index (χ0v) is 16.2. The lowest BCUT2D eigenvalue weighted by molar-refractivity contribution is -0.132. The first-order valence-electron chi connectivity index (χ1n) is 8.60. The van der Waals surface area contributed by atoms with Gasteiger partial charge in [0.25, 0.3) is 0 Å². The van der Waals surface area contributed by atoms with E-state index in [-0.39, 0.29) is 25.5 Å². The van der Waals surface area contributed by atoms with Gasteiger partial charge in [0.05, 0.1) is 18.1 Å². The standard InChI is InChI=1S/C20H23ClF2N2O2/c1-24(2)10-11-25(14-15-7-8-17(22)18(23)13-15)20(26)9-12-27-19-6-4-3-5-16(19)21/h3-8,13H,9-12,14H2,1-2H3. The van der Waals surface area contributed by atoms with Crippen LogP contribution in [-0.2, 0) is 11.3 Å². The number of hydrogen-bond donors (Lipinski definition) is 0. The van der Waals surface area contributed by atoms with Crippen LogP contribution in [0.25, 0.3) is 0 Å². The topological polar surface area (TPSA) is 32.8 Å². The normalized spacial score (nSPS) is 10.9. The molecule has 0 saturated heterocycles. The summed E-state index contributed by atoms with van der Waals surface area (Å²) in [6.45, 7) is 1.51. The second-order valence-corrected chi connectivity index (χ2v) is 6.80. The first-order valence-corrected chi connectivity index (χ1v) is 8.98. The van der Waals surface area contributed by atoms with Crippen molar-refractivity contribution in [2.45, 2.75) is 13.0 Å². The Bertz CT molecular complexity index is 771. The molecule has 0 saturated carbocycles. The van der Waals surface area contributed by atoms with Crippen LogP contribution in [0.3, 0.4) is 0 Å². The molecule has 27 heavy (non-hydrogen) atoms. The molecule has 0 atom stereocenters. The molecule has 0 aliphatic heterocycles. The van der Waals surface area contributed by atoms with Gasteiger partial charge < -0.3 is 14.5 Å². The van der Waals surface area contributed by atoms with Gasteiger partial charge >= 0.3 is 0 Å². The lowest BCUT2D eigenvalue weighted by Crippen LogP contribution is -2.36. The Labute approximate surface area is 163 Å². The Hall–Kier alpha value is -2.18. The van der Waals surface area contributed by atoms with Crippen LogP contribution in [-0.4, -0.2) is 49.5 Å². The molecular formula is C20H23ClF2N2O2. The molecule has 0 fully saturated rings. The van der Waals surface area contributed by atoms with Crippen LogP contribution in [0, 0.1) is 11.6 Å². The third-order valence-corrected chi connectivity index (χ3v) is 4.25. The zero-order valence-electron chi connectivity index (χ0n) is 15.4. The van der Waals surface area contributed by atoms with Crippen molar-refractivity contribution in [3.63, 3.8) is 0 Å². The van der Waals surface area contributed by atoms with E-state index in [1.165, 1.54) is 6.07 Å². The van der Waals surface area contributed by atoms with Crippen LogP contribution in [0.15, 0.2) is 42.5 Å². The van der Waals surface area contributed by atoms with E-state index in [9.17, 15) is 13.6 Å². The minimum atomic E-state index is -0.922. The molecule has 0 radical (unpaired) electrons. The highest BCUT2D eigenvalue weighted by Crippen LogP contribution is 2.23. The van der Waals surface area contributed by atoms with Gasteiger partial charge in [-0.25, -0.2) is 8.78 Å². The van der Waals surface area contributed by atoms with Crippen LogP contribution in [0.5, 0.6) is 5.75 Å². The lowest BCUT2D eigenvalue weighted by atomic mass is 10.2. The molecular weight excluding hydrogens is 374 g/mol. The molecule has 0 N–H and O–H groups in total. The SMILES string of the molecule is CN(C)CCN(Cc1ccc(F)c(F)c1)C(=O)CCOc1ccccc1Cl. The summed E-state index contributed by atoms with van der Waals surface area (Å²) in [5.41, 5.74) is 0.535. The molecule has 0 unspecified atom stereocenters. The number of amides is 1. The number of nitrogens with zero attached hydrogens (tertiary/aromatic N) is 2. The summed E-state index contributed by atoms with van der Waals surface area (Å²) in [5.74, 6) is -1.44. The lowest BCUT2D eigenvalue weighted by Gasteiger charge is -2.25. The van der Waals surface area contributed by atoms with Crippen molar-refractivity contribution < 1.29 is 18.3 Å². The Kier molecular flexibility index (Phi) is 8.00. The van der Waals surface area contributed by atoms with Crippen LogP contribution in [0.2, 0.25) is 5.02 Å². The molecule has 146 valence electrons. The van der Waals surface area contributed by atoms with E-state index in [4.69, 9.17) is 16.3 Å². The predicted octanol–water partition coefficient (Wildman–Crippen LogP) is 3.98. The first-order chi connectivity index (χ1) is 12.9. The van der Waals surface area contributed by atoms with Crippen molar-refractivity contribution in [1.82, 2.24) is 9.80 Å². The van der Waals surface area contributed by atoms with Crippen molar-refractivity contribution in [1.29, 1.82) is 0 Å². The molecule has 2 rings (SSSR count). The van der Waals surface area contributed by atoms with E-state index in [1.54, 1.807) is 29.2 Å². The van der Waals surface area contributed by atoms with Gasteiger partial charge in [-0.05, 0) is 43.9 Å². The summed E-state index contributed by atoms with van der Waals surface area (Å²) < 4.78 is 32.1. The molecule has 0 spiro atoms.